The van der Waals surface area contributed by atoms with Crippen LogP contribution >= 0.6 is 0 Å². The zero-order valence-electron chi connectivity index (χ0n) is 17.4. The van der Waals surface area contributed by atoms with Crippen molar-refractivity contribution in [2.45, 2.75) is 75.9 Å². The number of hydrogen-bond donors (Lipinski definition) is 1. The first-order valence-corrected chi connectivity index (χ1v) is 11.0. The number of likely N-dealkylation sites (tertiary alicyclic amines) is 1. The predicted molar refractivity (Wildman–Crippen MR) is 107 cm³/mol. The molecule has 1 aliphatic carbocycles. The molecule has 2 atom stereocenters. The first kappa shape index (κ1) is 21.8. The Morgan fingerprint density at radius 2 is 1.90 bits per heavy atom. The van der Waals surface area contributed by atoms with Gasteiger partial charge in [0.25, 0.3) is 5.91 Å². The Bertz CT molecular complexity index is 871. The summed E-state index contributed by atoms with van der Waals surface area (Å²) in [6.07, 6.45) is 7.37. The normalized spacial score (nSPS) is 21.4. The van der Waals surface area contributed by atoms with Gasteiger partial charge in [0.2, 0.25) is 5.89 Å². The molecule has 168 valence electrons. The lowest BCUT2D eigenvalue weighted by atomic mass is 9.82. The van der Waals surface area contributed by atoms with Crippen molar-refractivity contribution in [1.29, 1.82) is 0 Å². The van der Waals surface area contributed by atoms with E-state index in [2.05, 4.69) is 15.1 Å². The van der Waals surface area contributed by atoms with Crippen LogP contribution in [0.2, 0.25) is 0 Å². The van der Waals surface area contributed by atoms with Gasteiger partial charge in [0, 0.05) is 25.4 Å². The van der Waals surface area contributed by atoms with E-state index in [-0.39, 0.29) is 12.4 Å². The standard InChI is InChI=1S/C22H28F2N4O3/c23-22(24,19(29)16-5-2-1-3-6-16)21(30)28-14-4-7-17(28)20-26-18(31-27-20)9-8-15-10-12-25-13-11-15/h10-13,16-17,19,29H,1-9,14H2. The molecule has 1 N–H and O–H groups in total. The van der Waals surface area contributed by atoms with Crippen molar-refractivity contribution >= 4 is 5.91 Å². The van der Waals surface area contributed by atoms with Crippen molar-refractivity contribution in [3.63, 3.8) is 0 Å². The molecule has 2 aromatic rings. The number of alkyl halides is 2. The molecule has 4 rings (SSSR count). The van der Waals surface area contributed by atoms with Crippen molar-refractivity contribution in [2.75, 3.05) is 6.54 Å². The Kier molecular flexibility index (Phi) is 6.60. The van der Waals surface area contributed by atoms with Crippen LogP contribution in [0.1, 0.15) is 68.3 Å². The highest BCUT2D eigenvalue weighted by Gasteiger charge is 2.54. The SMILES string of the molecule is O=C(N1CCCC1c1noc(CCc2ccncc2)n1)C(F)(F)C(O)C1CCCCC1. The average Bonchev–Trinajstić information content (AvgIpc) is 3.47. The fourth-order valence-corrected chi connectivity index (χ4v) is 4.65. The molecule has 1 aliphatic heterocycles. The molecule has 1 saturated heterocycles. The number of aromatic nitrogens is 3. The van der Waals surface area contributed by atoms with Crippen molar-refractivity contribution in [3.8, 4) is 0 Å². The number of aryl methyl sites for hydroxylation is 2. The highest BCUT2D eigenvalue weighted by Crippen LogP contribution is 2.38. The number of pyridine rings is 1. The van der Waals surface area contributed by atoms with Gasteiger partial charge in [-0.1, -0.05) is 24.4 Å². The fraction of sp³-hybridized carbons (Fsp3) is 0.636. The minimum absolute atomic E-state index is 0.192. The highest BCUT2D eigenvalue weighted by atomic mass is 19.3. The molecule has 0 bridgehead atoms. The molecule has 0 radical (unpaired) electrons. The summed E-state index contributed by atoms with van der Waals surface area (Å²) < 4.78 is 35.2. The number of hydrogen-bond acceptors (Lipinski definition) is 6. The van der Waals surface area contributed by atoms with Crippen LogP contribution in [0.25, 0.3) is 0 Å². The summed E-state index contributed by atoms with van der Waals surface area (Å²) in [4.78, 5) is 22.2. The number of halogens is 2. The topological polar surface area (TPSA) is 92.4 Å². The van der Waals surface area contributed by atoms with Gasteiger partial charge >= 0.3 is 5.92 Å². The van der Waals surface area contributed by atoms with Crippen LogP contribution in [0, 0.1) is 5.92 Å². The van der Waals surface area contributed by atoms with E-state index in [4.69, 9.17) is 4.52 Å². The molecule has 31 heavy (non-hydrogen) atoms. The smallest absolute Gasteiger partial charge is 0.350 e. The van der Waals surface area contributed by atoms with E-state index in [1.807, 2.05) is 12.1 Å². The summed E-state index contributed by atoms with van der Waals surface area (Å²) in [5.41, 5.74) is 1.07. The van der Waals surface area contributed by atoms with E-state index >= 15 is 0 Å². The summed E-state index contributed by atoms with van der Waals surface area (Å²) in [6.45, 7) is 0.192. The van der Waals surface area contributed by atoms with Gasteiger partial charge in [-0.2, -0.15) is 13.8 Å². The minimum Gasteiger partial charge on any atom is -0.386 e. The van der Waals surface area contributed by atoms with Crippen LogP contribution in [-0.2, 0) is 17.6 Å². The highest BCUT2D eigenvalue weighted by molar-refractivity contribution is 5.84. The van der Waals surface area contributed by atoms with Crippen LogP contribution in [0.4, 0.5) is 8.78 Å². The number of amides is 1. The predicted octanol–water partition coefficient (Wildman–Crippen LogP) is 3.49. The molecule has 1 amide bonds. The molecule has 0 spiro atoms. The van der Waals surface area contributed by atoms with E-state index in [0.29, 0.717) is 44.4 Å². The van der Waals surface area contributed by atoms with Crippen LogP contribution < -0.4 is 0 Å². The van der Waals surface area contributed by atoms with Gasteiger partial charge in [-0.05, 0) is 55.7 Å². The van der Waals surface area contributed by atoms with E-state index in [1.54, 1.807) is 12.4 Å². The van der Waals surface area contributed by atoms with Gasteiger partial charge in [-0.15, -0.1) is 0 Å². The Morgan fingerprint density at radius 3 is 2.65 bits per heavy atom. The molecular formula is C22H28F2N4O3. The molecule has 3 heterocycles. The van der Waals surface area contributed by atoms with E-state index in [0.717, 1.165) is 29.7 Å². The first-order valence-electron chi connectivity index (χ1n) is 11.0. The third-order valence-electron chi connectivity index (χ3n) is 6.43. The zero-order valence-corrected chi connectivity index (χ0v) is 17.4. The Hall–Kier alpha value is -2.42. The van der Waals surface area contributed by atoms with Crippen molar-refractivity contribution in [3.05, 3.63) is 41.8 Å². The quantitative estimate of drug-likeness (QED) is 0.717. The van der Waals surface area contributed by atoms with E-state index < -0.39 is 29.9 Å². The van der Waals surface area contributed by atoms with Crippen molar-refractivity contribution in [1.82, 2.24) is 20.0 Å². The summed E-state index contributed by atoms with van der Waals surface area (Å²) in [5.74, 6) is -5.05. The van der Waals surface area contributed by atoms with Crippen LogP contribution in [-0.4, -0.2) is 49.6 Å². The molecule has 2 aliphatic rings. The lowest BCUT2D eigenvalue weighted by molar-refractivity contribution is -0.183. The molecule has 0 aromatic carbocycles. The number of rotatable bonds is 7. The third kappa shape index (κ3) is 4.76. The first-order chi connectivity index (χ1) is 15.0. The van der Waals surface area contributed by atoms with Crippen molar-refractivity contribution in [2.24, 2.45) is 5.92 Å². The molecule has 2 unspecified atom stereocenters. The molecule has 2 aromatic heterocycles. The lowest BCUT2D eigenvalue weighted by Gasteiger charge is -2.34. The second-order valence-electron chi connectivity index (χ2n) is 8.52. The number of aliphatic hydroxyl groups is 1. The average molecular weight is 434 g/mol. The summed E-state index contributed by atoms with van der Waals surface area (Å²) in [5, 5.41) is 14.3. The molecule has 9 heteroatoms. The maximum Gasteiger partial charge on any atom is 0.350 e. The van der Waals surface area contributed by atoms with Gasteiger partial charge in [0.1, 0.15) is 6.10 Å². The third-order valence-corrected chi connectivity index (χ3v) is 6.43. The maximum absolute atomic E-state index is 14.9. The van der Waals surface area contributed by atoms with Crippen LogP contribution in [0.5, 0.6) is 0 Å². The minimum atomic E-state index is -3.82. The zero-order chi connectivity index (χ0) is 21.8. The van der Waals surface area contributed by atoms with Crippen molar-refractivity contribution < 1.29 is 23.2 Å². The van der Waals surface area contributed by atoms with E-state index in [1.165, 1.54) is 0 Å². The number of aliphatic hydroxyl groups excluding tert-OH is 1. The van der Waals surface area contributed by atoms with Gasteiger partial charge < -0.3 is 14.5 Å². The monoisotopic (exact) mass is 434 g/mol. The van der Waals surface area contributed by atoms with Gasteiger partial charge in [-0.3, -0.25) is 9.78 Å². The molecular weight excluding hydrogens is 406 g/mol. The maximum atomic E-state index is 14.9. The molecule has 1 saturated carbocycles. The van der Waals surface area contributed by atoms with Gasteiger partial charge in [-0.25, -0.2) is 0 Å². The van der Waals surface area contributed by atoms with Crippen LogP contribution in [0.3, 0.4) is 0 Å². The summed E-state index contributed by atoms with van der Waals surface area (Å²) in [6, 6.07) is 3.14. The number of nitrogens with zero attached hydrogens (tertiary/aromatic N) is 4. The summed E-state index contributed by atoms with van der Waals surface area (Å²) in [7, 11) is 0. The molecule has 7 nitrogen and oxygen atoms in total. The second-order valence-corrected chi connectivity index (χ2v) is 8.52. The molecule has 2 fully saturated rings. The van der Waals surface area contributed by atoms with E-state index in [9.17, 15) is 18.7 Å². The summed E-state index contributed by atoms with van der Waals surface area (Å²) >= 11 is 0. The van der Waals surface area contributed by atoms with Crippen LogP contribution in [0.15, 0.2) is 29.0 Å². The van der Waals surface area contributed by atoms with Gasteiger partial charge in [0.15, 0.2) is 5.82 Å². The largest absolute Gasteiger partial charge is 0.386 e. The Morgan fingerprint density at radius 1 is 1.16 bits per heavy atom. The Labute approximate surface area is 179 Å². The number of carbonyl (C=O) groups is 1. The second kappa shape index (κ2) is 9.38. The lowest BCUT2D eigenvalue weighted by Crippen LogP contribution is -2.52. The van der Waals surface area contributed by atoms with Gasteiger partial charge in [0.05, 0.1) is 6.04 Å². The number of carbonyl (C=O) groups excluding carboxylic acids is 1. The Balaban J connectivity index is 1.42. The fourth-order valence-electron chi connectivity index (χ4n) is 4.65.